The Bertz CT molecular complexity index is 320. The summed E-state index contributed by atoms with van der Waals surface area (Å²) in [5, 5.41) is 1.06. The molecule has 0 aliphatic rings. The minimum atomic E-state index is -0.0766. The predicted octanol–water partition coefficient (Wildman–Crippen LogP) is 5.26. The standard InChI is InChI=1S/C19H33BrO3/c1-2-3-4-5-7-11-16-22-17-13-9-14-19(21)23-18-12-8-6-10-15-20/h2-4,6,8-18H2,1H3. The minimum absolute atomic E-state index is 0.0766. The third kappa shape index (κ3) is 19.4. The highest BCUT2D eigenvalue weighted by molar-refractivity contribution is 9.09. The molecule has 0 saturated carbocycles. The Morgan fingerprint density at radius 2 is 1.61 bits per heavy atom. The summed E-state index contributed by atoms with van der Waals surface area (Å²) in [5.41, 5.74) is 0. The van der Waals surface area contributed by atoms with Crippen LogP contribution in [0.1, 0.15) is 77.6 Å². The Morgan fingerprint density at radius 1 is 0.870 bits per heavy atom. The molecule has 0 amide bonds. The normalized spacial score (nSPS) is 10.2. The van der Waals surface area contributed by atoms with Gasteiger partial charge in [-0.05, 0) is 32.1 Å². The SMILES string of the molecule is CCCCC#CCCOCCCCC(=O)OCCCCCCBr. The molecule has 0 radical (unpaired) electrons. The summed E-state index contributed by atoms with van der Waals surface area (Å²) in [6, 6.07) is 0. The van der Waals surface area contributed by atoms with Crippen LogP contribution in [0.3, 0.4) is 0 Å². The van der Waals surface area contributed by atoms with E-state index in [1.165, 1.54) is 25.7 Å². The van der Waals surface area contributed by atoms with E-state index in [9.17, 15) is 4.79 Å². The van der Waals surface area contributed by atoms with Crippen LogP contribution >= 0.6 is 15.9 Å². The molecule has 0 unspecified atom stereocenters. The van der Waals surface area contributed by atoms with E-state index in [-0.39, 0.29) is 5.97 Å². The van der Waals surface area contributed by atoms with Gasteiger partial charge < -0.3 is 9.47 Å². The molecule has 0 fully saturated rings. The molecule has 4 heteroatoms. The van der Waals surface area contributed by atoms with Crippen LogP contribution < -0.4 is 0 Å². The third-order valence-corrected chi connectivity index (χ3v) is 3.92. The largest absolute Gasteiger partial charge is 0.466 e. The lowest BCUT2D eigenvalue weighted by Crippen LogP contribution is -2.06. The molecule has 0 N–H and O–H groups in total. The Labute approximate surface area is 151 Å². The maximum Gasteiger partial charge on any atom is 0.305 e. The number of rotatable bonds is 15. The molecule has 0 atom stereocenters. The highest BCUT2D eigenvalue weighted by Crippen LogP contribution is 2.04. The maximum absolute atomic E-state index is 11.5. The molecule has 0 aromatic carbocycles. The van der Waals surface area contributed by atoms with Crippen molar-refractivity contribution in [2.75, 3.05) is 25.2 Å². The summed E-state index contributed by atoms with van der Waals surface area (Å²) in [5.74, 6) is 6.19. The molecular weight excluding hydrogens is 356 g/mol. The molecule has 0 saturated heterocycles. The first-order chi connectivity index (χ1) is 11.3. The first-order valence-corrected chi connectivity index (χ1v) is 10.2. The Kier molecular flexibility index (Phi) is 19.1. The van der Waals surface area contributed by atoms with Crippen LogP contribution in [0.4, 0.5) is 0 Å². The van der Waals surface area contributed by atoms with Crippen molar-refractivity contribution in [3.05, 3.63) is 0 Å². The van der Waals surface area contributed by atoms with Gasteiger partial charge in [-0.25, -0.2) is 0 Å². The second-order valence-corrected chi connectivity index (χ2v) is 6.39. The van der Waals surface area contributed by atoms with E-state index in [4.69, 9.17) is 9.47 Å². The quantitative estimate of drug-likeness (QED) is 0.166. The van der Waals surface area contributed by atoms with Crippen molar-refractivity contribution in [2.45, 2.75) is 77.6 Å². The van der Waals surface area contributed by atoms with Gasteiger partial charge in [0.25, 0.3) is 0 Å². The van der Waals surface area contributed by atoms with Crippen molar-refractivity contribution >= 4 is 21.9 Å². The molecule has 3 nitrogen and oxygen atoms in total. The zero-order valence-electron chi connectivity index (χ0n) is 14.7. The van der Waals surface area contributed by atoms with Crippen molar-refractivity contribution in [1.82, 2.24) is 0 Å². The predicted molar refractivity (Wildman–Crippen MR) is 99.8 cm³/mol. The Hall–Kier alpha value is -0.530. The monoisotopic (exact) mass is 388 g/mol. The van der Waals surface area contributed by atoms with Crippen LogP contribution in [-0.2, 0) is 14.3 Å². The topological polar surface area (TPSA) is 35.5 Å². The second-order valence-electron chi connectivity index (χ2n) is 5.60. The molecule has 0 rings (SSSR count). The van der Waals surface area contributed by atoms with Gasteiger partial charge in [-0.15, -0.1) is 11.8 Å². The molecule has 0 aliphatic heterocycles. The number of ether oxygens (including phenoxy) is 2. The van der Waals surface area contributed by atoms with Gasteiger partial charge in [0.15, 0.2) is 0 Å². The third-order valence-electron chi connectivity index (χ3n) is 3.36. The van der Waals surface area contributed by atoms with Gasteiger partial charge in [0.05, 0.1) is 13.2 Å². The summed E-state index contributed by atoms with van der Waals surface area (Å²) in [6.07, 6.45) is 10.9. The van der Waals surface area contributed by atoms with Crippen molar-refractivity contribution < 1.29 is 14.3 Å². The summed E-state index contributed by atoms with van der Waals surface area (Å²) in [4.78, 5) is 11.5. The summed E-state index contributed by atoms with van der Waals surface area (Å²) in [7, 11) is 0. The zero-order valence-corrected chi connectivity index (χ0v) is 16.3. The lowest BCUT2D eigenvalue weighted by atomic mass is 10.2. The van der Waals surface area contributed by atoms with E-state index in [0.717, 1.165) is 43.9 Å². The van der Waals surface area contributed by atoms with Crippen LogP contribution in [0.25, 0.3) is 0 Å². The molecule has 134 valence electrons. The minimum Gasteiger partial charge on any atom is -0.466 e. The van der Waals surface area contributed by atoms with Gasteiger partial charge in [0, 0.05) is 31.2 Å². The van der Waals surface area contributed by atoms with E-state index in [1.807, 2.05) is 0 Å². The van der Waals surface area contributed by atoms with Gasteiger partial charge in [-0.3, -0.25) is 4.79 Å². The van der Waals surface area contributed by atoms with Crippen molar-refractivity contribution in [1.29, 1.82) is 0 Å². The van der Waals surface area contributed by atoms with Gasteiger partial charge in [-0.2, -0.15) is 0 Å². The molecule has 0 aromatic rings. The highest BCUT2D eigenvalue weighted by Gasteiger charge is 2.02. The number of esters is 1. The van der Waals surface area contributed by atoms with Gasteiger partial charge in [0.2, 0.25) is 0 Å². The summed E-state index contributed by atoms with van der Waals surface area (Å²) in [6.45, 7) is 4.13. The average molecular weight is 389 g/mol. The smallest absolute Gasteiger partial charge is 0.305 e. The van der Waals surface area contributed by atoms with Crippen LogP contribution in [0.5, 0.6) is 0 Å². The number of carbonyl (C=O) groups excluding carboxylic acids is 1. The average Bonchev–Trinajstić information content (AvgIpc) is 2.56. The fourth-order valence-electron chi connectivity index (χ4n) is 1.95. The van der Waals surface area contributed by atoms with E-state index >= 15 is 0 Å². The lowest BCUT2D eigenvalue weighted by molar-refractivity contribution is -0.143. The number of unbranched alkanes of at least 4 members (excludes halogenated alkanes) is 6. The van der Waals surface area contributed by atoms with Gasteiger partial charge in [0.1, 0.15) is 0 Å². The van der Waals surface area contributed by atoms with Gasteiger partial charge >= 0.3 is 5.97 Å². The van der Waals surface area contributed by atoms with Crippen LogP contribution in [0.2, 0.25) is 0 Å². The highest BCUT2D eigenvalue weighted by atomic mass is 79.9. The molecule has 0 aromatic heterocycles. The van der Waals surface area contributed by atoms with E-state index in [1.54, 1.807) is 0 Å². The van der Waals surface area contributed by atoms with Crippen LogP contribution in [0, 0.1) is 11.8 Å². The number of alkyl halides is 1. The molecule has 23 heavy (non-hydrogen) atoms. The molecule has 0 spiro atoms. The first-order valence-electron chi connectivity index (χ1n) is 9.06. The lowest BCUT2D eigenvalue weighted by Gasteiger charge is -2.05. The molecule has 0 aliphatic carbocycles. The number of carbonyl (C=O) groups is 1. The van der Waals surface area contributed by atoms with E-state index in [2.05, 4.69) is 34.7 Å². The van der Waals surface area contributed by atoms with Crippen LogP contribution in [-0.4, -0.2) is 31.1 Å². The fraction of sp³-hybridized carbons (Fsp3) is 0.842. The summed E-state index contributed by atoms with van der Waals surface area (Å²) < 4.78 is 10.7. The number of hydrogen-bond donors (Lipinski definition) is 0. The van der Waals surface area contributed by atoms with Crippen molar-refractivity contribution in [2.24, 2.45) is 0 Å². The van der Waals surface area contributed by atoms with Crippen molar-refractivity contribution in [3.8, 4) is 11.8 Å². The van der Waals surface area contributed by atoms with E-state index in [0.29, 0.717) is 26.2 Å². The van der Waals surface area contributed by atoms with Crippen LogP contribution in [0.15, 0.2) is 0 Å². The van der Waals surface area contributed by atoms with Gasteiger partial charge in [-0.1, -0.05) is 42.1 Å². The van der Waals surface area contributed by atoms with Crippen molar-refractivity contribution in [3.63, 3.8) is 0 Å². The molecule has 0 heterocycles. The second kappa shape index (κ2) is 19.5. The Balaban J connectivity index is 3.21. The maximum atomic E-state index is 11.5. The molecular formula is C19H33BrO3. The summed E-state index contributed by atoms with van der Waals surface area (Å²) >= 11 is 3.41. The zero-order chi connectivity index (χ0) is 17.0. The first kappa shape index (κ1) is 22.5. The number of hydrogen-bond acceptors (Lipinski definition) is 3. The van der Waals surface area contributed by atoms with E-state index < -0.39 is 0 Å². The number of halogens is 1. The Morgan fingerprint density at radius 3 is 2.39 bits per heavy atom. The molecule has 0 bridgehead atoms. The fourth-order valence-corrected chi connectivity index (χ4v) is 2.35.